The molecule has 0 aromatic carbocycles. The van der Waals surface area contributed by atoms with Crippen molar-refractivity contribution in [3.63, 3.8) is 0 Å². The van der Waals surface area contributed by atoms with Crippen molar-refractivity contribution >= 4 is 5.82 Å². The van der Waals surface area contributed by atoms with Gasteiger partial charge in [-0.1, -0.05) is 19.9 Å². The number of aliphatic hydroxyl groups is 1. The normalized spacial score (nSPS) is 33.3. The highest BCUT2D eigenvalue weighted by Gasteiger charge is 2.49. The average Bonchev–Trinajstić information content (AvgIpc) is 2.50. The molecule has 0 aliphatic heterocycles. The molecule has 0 radical (unpaired) electrons. The van der Waals surface area contributed by atoms with Crippen molar-refractivity contribution in [2.24, 2.45) is 11.8 Å². The first-order valence-electron chi connectivity index (χ1n) is 7.79. The number of hydrogen-bond acceptors (Lipinski definition) is 5. The molecular weight excluding hydrogens is 276 g/mol. The minimum absolute atomic E-state index is 0.0473. The Morgan fingerprint density at radius 3 is 2.82 bits per heavy atom. The zero-order chi connectivity index (χ0) is 16.1. The summed E-state index contributed by atoms with van der Waals surface area (Å²) < 4.78 is 0. The summed E-state index contributed by atoms with van der Waals surface area (Å²) in [5, 5.41) is 22.9. The molecule has 0 amide bonds. The zero-order valence-electron chi connectivity index (χ0n) is 13.5. The Bertz CT molecular complexity index is 691. The second-order valence-corrected chi connectivity index (χ2v) is 6.64. The fourth-order valence-electron chi connectivity index (χ4n) is 4.25. The minimum atomic E-state index is -0.670. The summed E-state index contributed by atoms with van der Waals surface area (Å²) in [4.78, 5) is 9.21. The maximum atomic E-state index is 10.4. The lowest BCUT2D eigenvalue weighted by molar-refractivity contribution is 0.0668. The quantitative estimate of drug-likeness (QED) is 0.830. The van der Waals surface area contributed by atoms with Crippen molar-refractivity contribution in [1.29, 1.82) is 5.26 Å². The molecule has 4 atom stereocenters. The van der Waals surface area contributed by atoms with Gasteiger partial charge in [-0.25, -0.2) is 9.97 Å². The van der Waals surface area contributed by atoms with Crippen LogP contribution in [-0.2, 0) is 11.8 Å². The minimum Gasteiger partial charge on any atom is -0.387 e. The number of hydrogen-bond donors (Lipinski definition) is 2. The first-order valence-corrected chi connectivity index (χ1v) is 7.79. The van der Waals surface area contributed by atoms with Gasteiger partial charge in [0.2, 0.25) is 0 Å². The highest BCUT2D eigenvalue weighted by Crippen LogP contribution is 2.51. The van der Waals surface area contributed by atoms with Crippen LogP contribution in [-0.4, -0.2) is 28.2 Å². The van der Waals surface area contributed by atoms with Gasteiger partial charge < -0.3 is 10.4 Å². The summed E-state index contributed by atoms with van der Waals surface area (Å²) in [6, 6.07) is 2.17. The van der Waals surface area contributed by atoms with Crippen LogP contribution in [0, 0.1) is 30.1 Å². The number of aliphatic hydroxyl groups excluding tert-OH is 1. The van der Waals surface area contributed by atoms with Gasteiger partial charge in [-0.05, 0) is 31.6 Å². The lowest BCUT2D eigenvalue weighted by Crippen LogP contribution is -2.47. The third-order valence-corrected chi connectivity index (χ3v) is 5.38. The summed E-state index contributed by atoms with van der Waals surface area (Å²) in [7, 11) is 1.88. The number of anilines is 1. The van der Waals surface area contributed by atoms with E-state index in [1.807, 2.05) is 27.0 Å². The molecule has 0 spiro atoms. The lowest BCUT2D eigenvalue weighted by atomic mass is 9.57. The van der Waals surface area contributed by atoms with E-state index in [1.165, 1.54) is 0 Å². The highest BCUT2D eigenvalue weighted by atomic mass is 16.3. The van der Waals surface area contributed by atoms with Crippen LogP contribution in [0.15, 0.2) is 11.6 Å². The molecule has 0 saturated carbocycles. The molecule has 0 saturated heterocycles. The fourth-order valence-corrected chi connectivity index (χ4v) is 4.25. The first-order chi connectivity index (χ1) is 10.4. The topological polar surface area (TPSA) is 81.8 Å². The van der Waals surface area contributed by atoms with E-state index in [4.69, 9.17) is 4.98 Å². The van der Waals surface area contributed by atoms with Crippen molar-refractivity contribution in [2.45, 2.75) is 45.1 Å². The molecule has 116 valence electrons. The summed E-state index contributed by atoms with van der Waals surface area (Å²) >= 11 is 0. The monoisotopic (exact) mass is 298 g/mol. The molecule has 0 bridgehead atoms. The van der Waals surface area contributed by atoms with Crippen molar-refractivity contribution in [3.05, 3.63) is 28.7 Å². The lowest BCUT2D eigenvalue weighted by Gasteiger charge is -2.48. The van der Waals surface area contributed by atoms with Crippen LogP contribution in [0.25, 0.3) is 0 Å². The number of nitriles is 1. The maximum absolute atomic E-state index is 10.4. The van der Waals surface area contributed by atoms with E-state index in [-0.39, 0.29) is 17.3 Å². The second kappa shape index (κ2) is 5.06. The van der Waals surface area contributed by atoms with Crippen molar-refractivity contribution in [1.82, 2.24) is 9.97 Å². The molecule has 1 heterocycles. The van der Waals surface area contributed by atoms with E-state index in [2.05, 4.69) is 23.3 Å². The fraction of sp³-hybridized carbons (Fsp3) is 0.588. The van der Waals surface area contributed by atoms with Crippen molar-refractivity contribution < 1.29 is 5.11 Å². The Labute approximate surface area is 131 Å². The molecule has 1 aromatic rings. The molecule has 2 aliphatic carbocycles. The molecule has 0 fully saturated rings. The van der Waals surface area contributed by atoms with Crippen LogP contribution >= 0.6 is 0 Å². The Morgan fingerprint density at radius 1 is 1.45 bits per heavy atom. The van der Waals surface area contributed by atoms with Crippen LogP contribution in [0.5, 0.6) is 0 Å². The Balaban J connectivity index is 2.26. The molecule has 2 N–H and O–H groups in total. The SMILES string of the molecule is CNc1nc(C)nc2c1CC[C@H]1[C@H](C)C(O)C(C#N)=C[C@]21C. The smallest absolute Gasteiger partial charge is 0.132 e. The predicted molar refractivity (Wildman–Crippen MR) is 84.3 cm³/mol. The van der Waals surface area contributed by atoms with Gasteiger partial charge in [0, 0.05) is 18.0 Å². The zero-order valence-corrected chi connectivity index (χ0v) is 13.5. The van der Waals surface area contributed by atoms with E-state index < -0.39 is 6.10 Å². The van der Waals surface area contributed by atoms with Crippen LogP contribution in [0.1, 0.15) is 37.4 Å². The summed E-state index contributed by atoms with van der Waals surface area (Å²) in [5.74, 6) is 1.95. The van der Waals surface area contributed by atoms with Gasteiger partial charge >= 0.3 is 0 Å². The average molecular weight is 298 g/mol. The summed E-state index contributed by atoms with van der Waals surface area (Å²) in [6.45, 7) is 6.07. The molecule has 22 heavy (non-hydrogen) atoms. The predicted octanol–water partition coefficient (Wildman–Crippen LogP) is 2.11. The van der Waals surface area contributed by atoms with E-state index in [0.29, 0.717) is 5.57 Å². The molecule has 5 heteroatoms. The largest absolute Gasteiger partial charge is 0.387 e. The summed E-state index contributed by atoms with van der Waals surface area (Å²) in [6.07, 6.45) is 3.14. The van der Waals surface area contributed by atoms with Gasteiger partial charge in [0.15, 0.2) is 0 Å². The number of fused-ring (bicyclic) bond motifs is 3. The van der Waals surface area contributed by atoms with Gasteiger partial charge in [0.05, 0.1) is 23.4 Å². The Hall–Kier alpha value is -1.93. The summed E-state index contributed by atoms with van der Waals surface area (Å²) in [5.41, 5.74) is 2.29. The number of rotatable bonds is 1. The Kier molecular flexibility index (Phi) is 3.45. The van der Waals surface area contributed by atoms with Gasteiger partial charge in [0.25, 0.3) is 0 Å². The second-order valence-electron chi connectivity index (χ2n) is 6.64. The standard InChI is InChI=1S/C17H22N4O/c1-9-13-6-5-12-15(20-10(2)21-16(12)19-4)17(13,3)7-11(8-18)14(9)22/h7,9,13-14,22H,5-6H2,1-4H3,(H,19,20,21)/t9-,13-,14?,17-/m0/s1. The van der Waals surface area contributed by atoms with Crippen LogP contribution < -0.4 is 5.32 Å². The highest BCUT2D eigenvalue weighted by molar-refractivity contribution is 5.53. The van der Waals surface area contributed by atoms with E-state index in [1.54, 1.807) is 0 Å². The van der Waals surface area contributed by atoms with E-state index in [9.17, 15) is 10.4 Å². The number of aryl methyl sites for hydroxylation is 1. The van der Waals surface area contributed by atoms with Crippen molar-refractivity contribution in [3.8, 4) is 6.07 Å². The molecule has 2 aliphatic rings. The number of allylic oxidation sites excluding steroid dienone is 1. The Morgan fingerprint density at radius 2 is 2.18 bits per heavy atom. The maximum Gasteiger partial charge on any atom is 0.132 e. The van der Waals surface area contributed by atoms with E-state index >= 15 is 0 Å². The van der Waals surface area contributed by atoms with Gasteiger partial charge in [-0.15, -0.1) is 0 Å². The molecular formula is C17H22N4O. The molecule has 3 rings (SSSR count). The molecule has 1 unspecified atom stereocenters. The number of nitrogens with zero attached hydrogens (tertiary/aromatic N) is 3. The van der Waals surface area contributed by atoms with Gasteiger partial charge in [-0.2, -0.15) is 5.26 Å². The van der Waals surface area contributed by atoms with Crippen molar-refractivity contribution in [2.75, 3.05) is 12.4 Å². The third-order valence-electron chi connectivity index (χ3n) is 5.38. The van der Waals surface area contributed by atoms with Crippen LogP contribution in [0.3, 0.4) is 0 Å². The van der Waals surface area contributed by atoms with Gasteiger partial charge in [-0.3, -0.25) is 0 Å². The molecule has 1 aromatic heterocycles. The first kappa shape index (κ1) is 15.0. The van der Waals surface area contributed by atoms with Crippen LogP contribution in [0.4, 0.5) is 5.82 Å². The van der Waals surface area contributed by atoms with Crippen LogP contribution in [0.2, 0.25) is 0 Å². The third kappa shape index (κ3) is 1.94. The van der Waals surface area contributed by atoms with E-state index in [0.717, 1.165) is 35.7 Å². The number of aromatic nitrogens is 2. The van der Waals surface area contributed by atoms with Gasteiger partial charge in [0.1, 0.15) is 11.6 Å². The molecule has 5 nitrogen and oxygen atoms in total. The number of nitrogens with one attached hydrogen (secondary N) is 1.